The number of hydrogen-bond donors (Lipinski definition) is 1. The Labute approximate surface area is 195 Å². The van der Waals surface area contributed by atoms with E-state index in [0.29, 0.717) is 68.6 Å². The van der Waals surface area contributed by atoms with Gasteiger partial charge in [0.15, 0.2) is 5.69 Å². The number of nitrogens with one attached hydrogen (secondary N) is 1. The molecule has 1 fully saturated rings. The average Bonchev–Trinajstić information content (AvgIpc) is 3.50. The number of alkyl halides is 3. The van der Waals surface area contributed by atoms with Crippen molar-refractivity contribution in [3.63, 3.8) is 0 Å². The van der Waals surface area contributed by atoms with Gasteiger partial charge in [0.05, 0.1) is 11.1 Å². The summed E-state index contributed by atoms with van der Waals surface area (Å²) in [5.74, 6) is -0.524. The summed E-state index contributed by atoms with van der Waals surface area (Å²) in [4.78, 5) is 37.9. The van der Waals surface area contributed by atoms with Crippen LogP contribution in [0.3, 0.4) is 0 Å². The molecule has 182 valence electrons. The zero-order valence-corrected chi connectivity index (χ0v) is 18.7. The normalized spacial score (nSPS) is 15.7. The average molecular weight is 476 g/mol. The van der Waals surface area contributed by atoms with E-state index in [-0.39, 0.29) is 23.6 Å². The van der Waals surface area contributed by atoms with Gasteiger partial charge in [-0.3, -0.25) is 24.0 Å². The van der Waals surface area contributed by atoms with Crippen LogP contribution in [0.15, 0.2) is 30.3 Å². The Kier molecular flexibility index (Phi) is 7.04. The highest BCUT2D eigenvalue weighted by atomic mass is 19.4. The number of halogens is 3. The van der Waals surface area contributed by atoms with Gasteiger partial charge in [0, 0.05) is 37.7 Å². The number of unbranched alkanes of at least 4 members (excludes halogenated alkanes) is 2. The number of hydrogen-bond acceptors (Lipinski definition) is 4. The highest BCUT2D eigenvalue weighted by Gasteiger charge is 2.38. The number of benzene rings is 1. The van der Waals surface area contributed by atoms with Crippen LogP contribution in [0.25, 0.3) is 0 Å². The first kappa shape index (κ1) is 24.0. The summed E-state index contributed by atoms with van der Waals surface area (Å²) < 4.78 is 40.3. The molecular weight excluding hydrogens is 449 g/mol. The minimum Gasteiger partial charge on any atom is -0.356 e. The van der Waals surface area contributed by atoms with Crippen molar-refractivity contribution in [1.82, 2.24) is 20.0 Å². The maximum Gasteiger partial charge on any atom is 0.435 e. The minimum absolute atomic E-state index is 0.125. The highest BCUT2D eigenvalue weighted by Crippen LogP contribution is 2.42. The second kappa shape index (κ2) is 9.99. The van der Waals surface area contributed by atoms with Crippen molar-refractivity contribution < 1.29 is 27.6 Å². The summed E-state index contributed by atoms with van der Waals surface area (Å²) >= 11 is 0. The number of nitrogens with zero attached hydrogens (tertiary/aromatic N) is 3. The molecular formula is C24H27F3N4O3. The molecule has 1 aliphatic carbocycles. The number of imide groups is 1. The number of aromatic nitrogens is 2. The van der Waals surface area contributed by atoms with Gasteiger partial charge >= 0.3 is 6.18 Å². The lowest BCUT2D eigenvalue weighted by atomic mass is 10.1. The number of aryl methyl sites for hydroxylation is 1. The smallest absolute Gasteiger partial charge is 0.356 e. The van der Waals surface area contributed by atoms with Crippen molar-refractivity contribution in [2.45, 2.75) is 63.6 Å². The second-order valence-corrected chi connectivity index (χ2v) is 8.77. The summed E-state index contributed by atoms with van der Waals surface area (Å²) in [5, 5.41) is 6.50. The van der Waals surface area contributed by atoms with Gasteiger partial charge in [-0.2, -0.15) is 18.3 Å². The van der Waals surface area contributed by atoms with Crippen molar-refractivity contribution in [2.24, 2.45) is 0 Å². The fraction of sp³-hybridized carbons (Fsp3) is 0.500. The second-order valence-electron chi connectivity index (χ2n) is 8.77. The molecule has 0 unspecified atom stereocenters. The molecule has 0 bridgehead atoms. The van der Waals surface area contributed by atoms with Crippen LogP contribution < -0.4 is 5.32 Å². The molecule has 3 amide bonds. The standard InChI is InChI=1S/C24H27F3N4O3/c25-24(26,27)20-15-19(16-10-11-16)31(29-20)14-6-12-28-21(32)9-2-1-5-13-30-22(33)17-7-3-4-8-18(17)23(30)34/h3-4,7-8,15-16H,1-2,5-6,9-14H2,(H,28,32). The number of carbonyl (C=O) groups excluding carboxylic acids is 3. The maximum atomic E-state index is 13.0. The van der Waals surface area contributed by atoms with E-state index >= 15 is 0 Å². The van der Waals surface area contributed by atoms with Gasteiger partial charge in [0.2, 0.25) is 5.91 Å². The minimum atomic E-state index is -4.46. The largest absolute Gasteiger partial charge is 0.435 e. The van der Waals surface area contributed by atoms with Crippen molar-refractivity contribution in [3.8, 4) is 0 Å². The molecule has 4 rings (SSSR count). The van der Waals surface area contributed by atoms with Gasteiger partial charge in [-0.05, 0) is 50.3 Å². The van der Waals surface area contributed by atoms with E-state index in [2.05, 4.69) is 10.4 Å². The lowest BCUT2D eigenvalue weighted by molar-refractivity contribution is -0.141. The van der Waals surface area contributed by atoms with Crippen molar-refractivity contribution >= 4 is 17.7 Å². The quantitative estimate of drug-likeness (QED) is 0.390. The zero-order chi connectivity index (χ0) is 24.3. The Hall–Kier alpha value is -3.17. The molecule has 0 saturated heterocycles. The van der Waals surface area contributed by atoms with Crippen LogP contribution in [0, 0.1) is 0 Å². The fourth-order valence-electron chi connectivity index (χ4n) is 4.18. The van der Waals surface area contributed by atoms with Crippen LogP contribution in [-0.2, 0) is 17.5 Å². The van der Waals surface area contributed by atoms with Crippen molar-refractivity contribution in [3.05, 3.63) is 52.8 Å². The molecule has 0 atom stereocenters. The monoisotopic (exact) mass is 476 g/mol. The predicted molar refractivity (Wildman–Crippen MR) is 117 cm³/mol. The molecule has 10 heteroatoms. The Balaban J connectivity index is 1.11. The Morgan fingerprint density at radius 3 is 2.29 bits per heavy atom. The SMILES string of the molecule is O=C(CCCCCN1C(=O)c2ccccc2C1=O)NCCCn1nc(C(F)(F)F)cc1C1CC1. The zero-order valence-electron chi connectivity index (χ0n) is 18.7. The summed E-state index contributed by atoms with van der Waals surface area (Å²) in [6.07, 6.45) is 0.0408. The van der Waals surface area contributed by atoms with Gasteiger partial charge in [0.1, 0.15) is 0 Å². The molecule has 1 saturated carbocycles. The number of fused-ring (bicyclic) bond motifs is 1. The van der Waals surface area contributed by atoms with E-state index in [9.17, 15) is 27.6 Å². The molecule has 1 aromatic heterocycles. The molecule has 1 N–H and O–H groups in total. The third-order valence-corrected chi connectivity index (χ3v) is 6.13. The topological polar surface area (TPSA) is 84.3 Å². The van der Waals surface area contributed by atoms with Crippen LogP contribution >= 0.6 is 0 Å². The maximum absolute atomic E-state index is 13.0. The van der Waals surface area contributed by atoms with Gasteiger partial charge in [-0.25, -0.2) is 0 Å². The van der Waals surface area contributed by atoms with E-state index in [1.54, 1.807) is 24.3 Å². The summed E-state index contributed by atoms with van der Waals surface area (Å²) in [6, 6.07) is 7.89. The molecule has 2 heterocycles. The molecule has 0 radical (unpaired) electrons. The number of carbonyl (C=O) groups is 3. The highest BCUT2D eigenvalue weighted by molar-refractivity contribution is 6.21. The summed E-state index contributed by atoms with van der Waals surface area (Å²) in [5.41, 5.74) is 0.623. The van der Waals surface area contributed by atoms with Crippen LogP contribution in [0.5, 0.6) is 0 Å². The van der Waals surface area contributed by atoms with Crippen LogP contribution in [0.4, 0.5) is 13.2 Å². The molecule has 1 aromatic carbocycles. The van der Waals surface area contributed by atoms with Gasteiger partial charge in [0.25, 0.3) is 11.8 Å². The molecule has 7 nitrogen and oxygen atoms in total. The molecule has 1 aliphatic heterocycles. The van der Waals surface area contributed by atoms with Crippen LogP contribution in [0.2, 0.25) is 0 Å². The van der Waals surface area contributed by atoms with Gasteiger partial charge in [-0.15, -0.1) is 0 Å². The third kappa shape index (κ3) is 5.48. The first-order valence-electron chi connectivity index (χ1n) is 11.6. The third-order valence-electron chi connectivity index (χ3n) is 6.13. The van der Waals surface area contributed by atoms with Gasteiger partial charge < -0.3 is 5.32 Å². The number of rotatable bonds is 11. The van der Waals surface area contributed by atoms with E-state index in [1.807, 2.05) is 0 Å². The Bertz CT molecular complexity index is 1040. The Morgan fingerprint density at radius 2 is 1.68 bits per heavy atom. The lowest BCUT2D eigenvalue weighted by Gasteiger charge is -2.13. The van der Waals surface area contributed by atoms with E-state index < -0.39 is 11.9 Å². The van der Waals surface area contributed by atoms with Crippen molar-refractivity contribution in [1.29, 1.82) is 0 Å². The lowest BCUT2D eigenvalue weighted by Crippen LogP contribution is -2.30. The van der Waals surface area contributed by atoms with E-state index in [0.717, 1.165) is 18.9 Å². The molecule has 34 heavy (non-hydrogen) atoms. The van der Waals surface area contributed by atoms with E-state index in [1.165, 1.54) is 9.58 Å². The Morgan fingerprint density at radius 1 is 1.00 bits per heavy atom. The van der Waals surface area contributed by atoms with Crippen LogP contribution in [0.1, 0.15) is 83.0 Å². The summed E-state index contributed by atoms with van der Waals surface area (Å²) in [6.45, 7) is 1.00. The molecule has 2 aliphatic rings. The first-order chi connectivity index (χ1) is 16.3. The predicted octanol–water partition coefficient (Wildman–Crippen LogP) is 4.14. The fourth-order valence-corrected chi connectivity index (χ4v) is 4.18. The van der Waals surface area contributed by atoms with E-state index in [4.69, 9.17) is 0 Å². The first-order valence-corrected chi connectivity index (χ1v) is 11.6. The molecule has 2 aromatic rings. The van der Waals surface area contributed by atoms with Crippen molar-refractivity contribution in [2.75, 3.05) is 13.1 Å². The summed E-state index contributed by atoms with van der Waals surface area (Å²) in [7, 11) is 0. The van der Waals surface area contributed by atoms with Crippen LogP contribution in [-0.4, -0.2) is 45.5 Å². The number of amides is 3. The molecule has 0 spiro atoms. The van der Waals surface area contributed by atoms with Gasteiger partial charge in [-0.1, -0.05) is 18.6 Å².